The third-order valence-electron chi connectivity index (χ3n) is 4.24. The molecule has 8 heteroatoms. The van der Waals surface area contributed by atoms with Gasteiger partial charge in [-0.1, -0.05) is 17.7 Å². The molecule has 0 saturated heterocycles. The van der Waals surface area contributed by atoms with Crippen molar-refractivity contribution in [3.63, 3.8) is 0 Å². The van der Waals surface area contributed by atoms with E-state index < -0.39 is 0 Å². The monoisotopic (exact) mass is 410 g/mol. The van der Waals surface area contributed by atoms with Gasteiger partial charge in [-0.3, -0.25) is 4.79 Å². The Balaban J connectivity index is 1.72. The zero-order chi connectivity index (χ0) is 20.6. The van der Waals surface area contributed by atoms with Gasteiger partial charge in [0.05, 0.1) is 5.69 Å². The van der Waals surface area contributed by atoms with Crippen molar-refractivity contribution in [2.24, 2.45) is 0 Å². The van der Waals surface area contributed by atoms with Gasteiger partial charge in [0, 0.05) is 54.2 Å². The molecule has 7 nitrogen and oxygen atoms in total. The molecule has 3 aromatic rings. The highest BCUT2D eigenvalue weighted by Crippen LogP contribution is 2.26. The summed E-state index contributed by atoms with van der Waals surface area (Å²) in [5, 5.41) is 9.92. The molecule has 0 aliphatic carbocycles. The third-order valence-corrected chi connectivity index (χ3v) is 4.47. The summed E-state index contributed by atoms with van der Waals surface area (Å²) >= 11 is 6.04. The average Bonchev–Trinajstić information content (AvgIpc) is 2.69. The van der Waals surface area contributed by atoms with Crippen LogP contribution in [0.2, 0.25) is 5.02 Å². The molecule has 150 valence electrons. The predicted octanol–water partition coefficient (Wildman–Crippen LogP) is 4.18. The number of carbonyl (C=O) groups excluding carboxylic acids is 1. The van der Waals surface area contributed by atoms with E-state index in [0.717, 1.165) is 34.7 Å². The van der Waals surface area contributed by atoms with Crippen molar-refractivity contribution in [2.45, 2.75) is 20.3 Å². The lowest BCUT2D eigenvalue weighted by Crippen LogP contribution is -2.22. The molecular formula is C21H23ClN6O. The minimum atomic E-state index is -0.0211. The van der Waals surface area contributed by atoms with Crippen molar-refractivity contribution in [2.75, 3.05) is 23.7 Å². The minimum absolute atomic E-state index is 0.0211. The van der Waals surface area contributed by atoms with E-state index in [9.17, 15) is 4.79 Å². The van der Waals surface area contributed by atoms with Gasteiger partial charge in [0.25, 0.3) is 0 Å². The molecule has 29 heavy (non-hydrogen) atoms. The van der Waals surface area contributed by atoms with E-state index in [-0.39, 0.29) is 5.91 Å². The zero-order valence-electron chi connectivity index (χ0n) is 16.4. The first-order valence-electron chi connectivity index (χ1n) is 9.33. The number of rotatable bonds is 8. The number of carbonyl (C=O) groups is 1. The van der Waals surface area contributed by atoms with Crippen LogP contribution in [0.3, 0.4) is 0 Å². The van der Waals surface area contributed by atoms with Gasteiger partial charge in [0.15, 0.2) is 0 Å². The van der Waals surface area contributed by atoms with Crippen molar-refractivity contribution < 1.29 is 4.79 Å². The fourth-order valence-electron chi connectivity index (χ4n) is 2.82. The van der Waals surface area contributed by atoms with E-state index in [2.05, 4.69) is 30.9 Å². The van der Waals surface area contributed by atoms with Gasteiger partial charge in [-0.05, 0) is 43.7 Å². The average molecular weight is 411 g/mol. The van der Waals surface area contributed by atoms with Crippen molar-refractivity contribution >= 4 is 35.0 Å². The maximum atomic E-state index is 10.9. The molecule has 1 aromatic carbocycles. The smallest absolute Gasteiger partial charge is 0.227 e. The van der Waals surface area contributed by atoms with Crippen LogP contribution in [0.1, 0.15) is 18.9 Å². The van der Waals surface area contributed by atoms with E-state index in [1.807, 2.05) is 43.3 Å². The fourth-order valence-corrected chi connectivity index (χ4v) is 3.01. The van der Waals surface area contributed by atoms with Crippen molar-refractivity contribution in [3.05, 3.63) is 59.4 Å². The summed E-state index contributed by atoms with van der Waals surface area (Å²) < 4.78 is 0. The molecule has 0 aliphatic rings. The lowest BCUT2D eigenvalue weighted by molar-refractivity contribution is -0.118. The van der Waals surface area contributed by atoms with Crippen molar-refractivity contribution in [1.82, 2.24) is 20.3 Å². The zero-order valence-corrected chi connectivity index (χ0v) is 17.1. The Morgan fingerprint density at radius 1 is 1.10 bits per heavy atom. The number of halogens is 1. The molecule has 0 aliphatic heterocycles. The Hall–Kier alpha value is -3.19. The number of amides is 1. The van der Waals surface area contributed by atoms with E-state index in [1.165, 1.54) is 6.92 Å². The minimum Gasteiger partial charge on any atom is -0.370 e. The first-order chi connectivity index (χ1) is 14.0. The molecule has 0 radical (unpaired) electrons. The molecule has 3 rings (SSSR count). The second-order valence-corrected chi connectivity index (χ2v) is 6.93. The van der Waals surface area contributed by atoms with Gasteiger partial charge < -0.3 is 16.0 Å². The number of nitrogens with one attached hydrogen (secondary N) is 3. The molecule has 0 bridgehead atoms. The maximum absolute atomic E-state index is 10.9. The molecule has 3 N–H and O–H groups in total. The van der Waals surface area contributed by atoms with Crippen molar-refractivity contribution in [3.8, 4) is 11.3 Å². The number of pyridine rings is 1. The van der Waals surface area contributed by atoms with E-state index in [4.69, 9.17) is 11.6 Å². The molecule has 0 spiro atoms. The molecule has 0 atom stereocenters. The molecule has 1 amide bonds. The van der Waals surface area contributed by atoms with E-state index in [1.54, 1.807) is 12.4 Å². The van der Waals surface area contributed by atoms with Crippen LogP contribution in [-0.2, 0) is 4.79 Å². The van der Waals surface area contributed by atoms with Gasteiger partial charge in [-0.2, -0.15) is 0 Å². The summed E-state index contributed by atoms with van der Waals surface area (Å²) in [6.45, 7) is 4.86. The fraction of sp³-hybridized carbons (Fsp3) is 0.238. The Morgan fingerprint density at radius 2 is 1.93 bits per heavy atom. The van der Waals surface area contributed by atoms with Gasteiger partial charge in [-0.15, -0.1) is 0 Å². The quantitative estimate of drug-likeness (QED) is 0.482. The highest BCUT2D eigenvalue weighted by molar-refractivity contribution is 6.30. The first kappa shape index (κ1) is 20.5. The normalized spacial score (nSPS) is 10.4. The number of aromatic nitrogens is 3. The summed E-state index contributed by atoms with van der Waals surface area (Å²) in [5.74, 6) is 1.27. The van der Waals surface area contributed by atoms with E-state index in [0.29, 0.717) is 24.1 Å². The van der Waals surface area contributed by atoms with Crippen LogP contribution in [0, 0.1) is 6.92 Å². The van der Waals surface area contributed by atoms with Crippen LogP contribution in [0.4, 0.5) is 17.5 Å². The number of benzene rings is 1. The number of nitrogens with zero attached hydrogens (tertiary/aromatic N) is 3. The van der Waals surface area contributed by atoms with E-state index >= 15 is 0 Å². The Bertz CT molecular complexity index is 994. The molecule has 0 unspecified atom stereocenters. The van der Waals surface area contributed by atoms with Crippen LogP contribution < -0.4 is 16.0 Å². The molecule has 0 fully saturated rings. The number of hydrogen-bond donors (Lipinski definition) is 3. The van der Waals surface area contributed by atoms with Crippen LogP contribution in [0.5, 0.6) is 0 Å². The standard InChI is InChI=1S/C21H23ClN6O/c1-14-18(7-11-25-20(14)24-10-4-9-23-15(2)29)19-8-12-26-21(28-19)27-17-6-3-5-16(22)13-17/h3,5-8,11-13H,4,9-10H2,1-2H3,(H,23,29)(H,24,25)(H,26,27,28). The Labute approximate surface area is 175 Å². The Kier molecular flexibility index (Phi) is 6.97. The lowest BCUT2D eigenvalue weighted by atomic mass is 10.1. The summed E-state index contributed by atoms with van der Waals surface area (Å²) in [6.07, 6.45) is 4.28. The summed E-state index contributed by atoms with van der Waals surface area (Å²) in [7, 11) is 0. The topological polar surface area (TPSA) is 91.8 Å². The summed E-state index contributed by atoms with van der Waals surface area (Å²) in [4.78, 5) is 24.3. The molecule has 0 saturated carbocycles. The van der Waals surface area contributed by atoms with Gasteiger partial charge in [-0.25, -0.2) is 15.0 Å². The van der Waals surface area contributed by atoms with Crippen LogP contribution in [0.15, 0.2) is 48.8 Å². The molecule has 2 heterocycles. The Morgan fingerprint density at radius 3 is 2.72 bits per heavy atom. The number of hydrogen-bond acceptors (Lipinski definition) is 6. The van der Waals surface area contributed by atoms with Gasteiger partial charge >= 0.3 is 0 Å². The highest BCUT2D eigenvalue weighted by atomic mass is 35.5. The molecule has 2 aromatic heterocycles. The SMILES string of the molecule is CC(=O)NCCCNc1nccc(-c2ccnc(Nc3cccc(Cl)c3)n2)c1C. The molecular weight excluding hydrogens is 388 g/mol. The second-order valence-electron chi connectivity index (χ2n) is 6.50. The second kappa shape index (κ2) is 9.84. The van der Waals surface area contributed by atoms with Crippen LogP contribution in [0.25, 0.3) is 11.3 Å². The van der Waals surface area contributed by atoms with Gasteiger partial charge in [0.1, 0.15) is 5.82 Å². The largest absolute Gasteiger partial charge is 0.370 e. The summed E-state index contributed by atoms with van der Waals surface area (Å²) in [5.41, 5.74) is 3.59. The maximum Gasteiger partial charge on any atom is 0.227 e. The predicted molar refractivity (Wildman–Crippen MR) is 117 cm³/mol. The van der Waals surface area contributed by atoms with Crippen LogP contribution >= 0.6 is 11.6 Å². The third kappa shape index (κ3) is 5.89. The highest BCUT2D eigenvalue weighted by Gasteiger charge is 2.10. The van der Waals surface area contributed by atoms with Gasteiger partial charge in [0.2, 0.25) is 11.9 Å². The van der Waals surface area contributed by atoms with Crippen LogP contribution in [-0.4, -0.2) is 33.9 Å². The van der Waals surface area contributed by atoms with Crippen molar-refractivity contribution in [1.29, 1.82) is 0 Å². The first-order valence-corrected chi connectivity index (χ1v) is 9.70. The number of anilines is 3. The lowest BCUT2D eigenvalue weighted by Gasteiger charge is -2.13. The summed E-state index contributed by atoms with van der Waals surface area (Å²) in [6, 6.07) is 11.2.